The van der Waals surface area contributed by atoms with Crippen LogP contribution >= 0.6 is 34.8 Å². The van der Waals surface area contributed by atoms with Crippen LogP contribution in [0.2, 0.25) is 0 Å². The van der Waals surface area contributed by atoms with Crippen LogP contribution in [0.15, 0.2) is 48.5 Å². The Morgan fingerprint density at radius 3 is 2.38 bits per heavy atom. The molecule has 0 amide bonds. The minimum absolute atomic E-state index is 0.00139. The van der Waals surface area contributed by atoms with Crippen molar-refractivity contribution in [2.75, 3.05) is 0 Å². The Kier molecular flexibility index (Phi) is 4.63. The van der Waals surface area contributed by atoms with Crippen LogP contribution in [0.25, 0.3) is 10.9 Å². The maximum absolute atomic E-state index is 11.8. The van der Waals surface area contributed by atoms with Gasteiger partial charge in [0.2, 0.25) is 9.67 Å². The molecule has 2 aromatic carbocycles. The quantitative estimate of drug-likeness (QED) is 0.447. The molecule has 0 saturated heterocycles. The van der Waals surface area contributed by atoms with Crippen LogP contribution in [-0.2, 0) is 3.79 Å². The number of aromatic nitrogens is 2. The summed E-state index contributed by atoms with van der Waals surface area (Å²) in [5.41, 5.74) is 1.01. The normalized spacial score (nSPS) is 11.5. The predicted molar refractivity (Wildman–Crippen MR) is 95.3 cm³/mol. The molecule has 0 aliphatic rings. The molecule has 0 aliphatic carbocycles. The number of carbonyl (C=O) groups is 1. The van der Waals surface area contributed by atoms with Gasteiger partial charge in [-0.1, -0.05) is 59.1 Å². The van der Waals surface area contributed by atoms with Crippen molar-refractivity contribution in [3.8, 4) is 11.6 Å². The largest absolute Gasteiger partial charge is 0.437 e. The number of rotatable bonds is 3. The van der Waals surface area contributed by atoms with E-state index in [9.17, 15) is 4.79 Å². The van der Waals surface area contributed by atoms with Crippen molar-refractivity contribution < 1.29 is 9.53 Å². The van der Waals surface area contributed by atoms with E-state index in [1.54, 1.807) is 36.4 Å². The second kappa shape index (κ2) is 6.55. The number of fused-ring (bicyclic) bond motifs is 1. The van der Waals surface area contributed by atoms with Gasteiger partial charge in [-0.3, -0.25) is 4.79 Å². The Balaban J connectivity index is 2.17. The van der Waals surface area contributed by atoms with Crippen molar-refractivity contribution in [3.63, 3.8) is 0 Å². The van der Waals surface area contributed by atoms with E-state index < -0.39 is 3.79 Å². The maximum Gasteiger partial charge on any atom is 0.250 e. The highest BCUT2D eigenvalue weighted by atomic mass is 35.6. The summed E-state index contributed by atoms with van der Waals surface area (Å²) < 4.78 is 4.08. The monoisotopic (exact) mass is 380 g/mol. The van der Waals surface area contributed by atoms with Gasteiger partial charge in [-0.15, -0.1) is 0 Å². The topological polar surface area (TPSA) is 52.1 Å². The molecule has 0 N–H and O–H groups in total. The summed E-state index contributed by atoms with van der Waals surface area (Å²) in [7, 11) is 0. The van der Waals surface area contributed by atoms with Crippen LogP contribution in [0.4, 0.5) is 0 Å². The second-order valence-corrected chi connectivity index (χ2v) is 7.30. The third kappa shape index (κ3) is 3.46. The van der Waals surface area contributed by atoms with Gasteiger partial charge in [-0.05, 0) is 31.2 Å². The molecule has 0 bridgehead atoms. The summed E-state index contributed by atoms with van der Waals surface area (Å²) in [6.07, 6.45) is 0. The Bertz CT molecular complexity index is 923. The number of halogens is 3. The van der Waals surface area contributed by atoms with Gasteiger partial charge < -0.3 is 4.74 Å². The maximum atomic E-state index is 11.8. The van der Waals surface area contributed by atoms with Gasteiger partial charge in [-0.2, -0.15) is 4.98 Å². The molecular formula is C17H11Cl3N2O2. The first-order valence-electron chi connectivity index (χ1n) is 6.98. The lowest BCUT2D eigenvalue weighted by Gasteiger charge is -2.14. The summed E-state index contributed by atoms with van der Waals surface area (Å²) in [4.78, 5) is 20.2. The van der Waals surface area contributed by atoms with Crippen LogP contribution in [0.3, 0.4) is 0 Å². The number of Topliss-reactive ketones (excluding diaryl/α,β-unsaturated/α-hetero) is 1. The van der Waals surface area contributed by atoms with E-state index in [-0.39, 0.29) is 17.5 Å². The number of ketones is 1. The number of nitrogens with zero attached hydrogens (tertiary/aromatic N) is 2. The minimum atomic E-state index is -1.79. The van der Waals surface area contributed by atoms with Crippen LogP contribution in [0.5, 0.6) is 11.6 Å². The molecule has 122 valence electrons. The van der Waals surface area contributed by atoms with E-state index in [2.05, 4.69) is 9.97 Å². The van der Waals surface area contributed by atoms with Crippen molar-refractivity contribution >= 4 is 51.5 Å². The number of hydrogen-bond donors (Lipinski definition) is 0. The summed E-state index contributed by atoms with van der Waals surface area (Å²) in [5.74, 6) is 0.479. The van der Waals surface area contributed by atoms with Crippen molar-refractivity contribution in [1.29, 1.82) is 0 Å². The SMILES string of the molecule is CC(=O)c1ccccc1Oc1nc(C(Cl)(Cl)Cl)nc2ccccc12. The number of benzene rings is 2. The van der Waals surface area contributed by atoms with Gasteiger partial charge in [0.05, 0.1) is 16.5 Å². The van der Waals surface area contributed by atoms with E-state index in [1.165, 1.54) is 6.92 Å². The Morgan fingerprint density at radius 2 is 1.67 bits per heavy atom. The van der Waals surface area contributed by atoms with Crippen molar-refractivity contribution in [1.82, 2.24) is 9.97 Å². The smallest absolute Gasteiger partial charge is 0.250 e. The molecule has 1 heterocycles. The fourth-order valence-electron chi connectivity index (χ4n) is 2.20. The highest BCUT2D eigenvalue weighted by Crippen LogP contribution is 2.39. The third-order valence-electron chi connectivity index (χ3n) is 3.29. The van der Waals surface area contributed by atoms with Gasteiger partial charge in [0, 0.05) is 0 Å². The molecule has 0 saturated carbocycles. The molecule has 3 aromatic rings. The zero-order chi connectivity index (χ0) is 17.3. The first-order chi connectivity index (χ1) is 11.4. The molecule has 0 spiro atoms. The van der Waals surface area contributed by atoms with Crippen LogP contribution < -0.4 is 4.74 Å². The highest BCUT2D eigenvalue weighted by molar-refractivity contribution is 6.66. The molecule has 0 aliphatic heterocycles. The van der Waals surface area contributed by atoms with Crippen LogP contribution in [0.1, 0.15) is 23.1 Å². The Labute approximate surface area is 153 Å². The number of carbonyl (C=O) groups excluding carboxylic acids is 1. The molecule has 0 unspecified atom stereocenters. The molecule has 4 nitrogen and oxygen atoms in total. The number of para-hydroxylation sites is 2. The Hall–Kier alpha value is -1.88. The molecule has 0 radical (unpaired) electrons. The van der Waals surface area contributed by atoms with E-state index >= 15 is 0 Å². The third-order valence-corrected chi connectivity index (χ3v) is 3.80. The first-order valence-corrected chi connectivity index (χ1v) is 8.11. The molecule has 3 rings (SSSR count). The summed E-state index contributed by atoms with van der Waals surface area (Å²) >= 11 is 17.7. The predicted octanol–water partition coefficient (Wildman–Crippen LogP) is 5.45. The van der Waals surface area contributed by atoms with Gasteiger partial charge in [0.15, 0.2) is 11.6 Å². The first kappa shape index (κ1) is 17.0. The molecule has 1 aromatic heterocycles. The average molecular weight is 382 g/mol. The van der Waals surface area contributed by atoms with E-state index in [0.29, 0.717) is 22.2 Å². The van der Waals surface area contributed by atoms with Crippen LogP contribution in [0, 0.1) is 0 Å². The number of hydrogen-bond acceptors (Lipinski definition) is 4. The minimum Gasteiger partial charge on any atom is -0.437 e. The molecule has 24 heavy (non-hydrogen) atoms. The standard InChI is InChI=1S/C17H11Cl3N2O2/c1-10(23)11-6-3-5-9-14(11)24-15-12-7-2-4-8-13(12)21-16(22-15)17(18,19)20/h2-9H,1H3. The second-order valence-electron chi connectivity index (χ2n) is 5.02. The van der Waals surface area contributed by atoms with Gasteiger partial charge in [0.25, 0.3) is 0 Å². The summed E-state index contributed by atoms with van der Waals surface area (Å²) in [6.45, 7) is 1.47. The molecule has 0 atom stereocenters. The fraction of sp³-hybridized carbons (Fsp3) is 0.118. The lowest BCUT2D eigenvalue weighted by atomic mass is 10.1. The zero-order valence-electron chi connectivity index (χ0n) is 12.5. The fourth-order valence-corrected chi connectivity index (χ4v) is 2.46. The highest BCUT2D eigenvalue weighted by Gasteiger charge is 2.28. The van der Waals surface area contributed by atoms with Crippen molar-refractivity contribution in [2.24, 2.45) is 0 Å². The number of ether oxygens (including phenoxy) is 1. The molecule has 0 fully saturated rings. The van der Waals surface area contributed by atoms with Gasteiger partial charge in [0.1, 0.15) is 5.75 Å². The molecular weight excluding hydrogens is 371 g/mol. The summed E-state index contributed by atoms with van der Waals surface area (Å²) in [6, 6.07) is 14.1. The van der Waals surface area contributed by atoms with Gasteiger partial charge in [-0.25, -0.2) is 4.98 Å². The average Bonchev–Trinajstić information content (AvgIpc) is 2.54. The van der Waals surface area contributed by atoms with E-state index in [1.807, 2.05) is 12.1 Å². The van der Waals surface area contributed by atoms with Gasteiger partial charge >= 0.3 is 0 Å². The number of alkyl halides is 3. The van der Waals surface area contributed by atoms with E-state index in [0.717, 1.165) is 0 Å². The lowest BCUT2D eigenvalue weighted by Crippen LogP contribution is -2.09. The van der Waals surface area contributed by atoms with Crippen molar-refractivity contribution in [2.45, 2.75) is 10.7 Å². The zero-order valence-corrected chi connectivity index (χ0v) is 14.7. The summed E-state index contributed by atoms with van der Waals surface area (Å²) in [5, 5.41) is 0.647. The van der Waals surface area contributed by atoms with E-state index in [4.69, 9.17) is 39.5 Å². The van der Waals surface area contributed by atoms with Crippen LogP contribution in [-0.4, -0.2) is 15.8 Å². The lowest BCUT2D eigenvalue weighted by molar-refractivity contribution is 0.101. The van der Waals surface area contributed by atoms with Crippen molar-refractivity contribution in [3.05, 3.63) is 59.9 Å². The molecule has 7 heteroatoms. The Morgan fingerprint density at radius 1 is 1.00 bits per heavy atom.